The quantitative estimate of drug-likeness (QED) is 0.854. The third-order valence-electron chi connectivity index (χ3n) is 3.79. The van der Waals surface area contributed by atoms with Gasteiger partial charge in [0.25, 0.3) is 0 Å². The van der Waals surface area contributed by atoms with Crippen molar-refractivity contribution in [2.75, 3.05) is 32.8 Å². The number of halogens is 1. The highest BCUT2D eigenvalue weighted by molar-refractivity contribution is 5.26. The first-order valence-corrected chi connectivity index (χ1v) is 7.04. The first kappa shape index (κ1) is 14.4. The zero-order valence-electron chi connectivity index (χ0n) is 11.5. The summed E-state index contributed by atoms with van der Waals surface area (Å²) in [7, 11) is 0. The van der Waals surface area contributed by atoms with Crippen LogP contribution in [0.25, 0.3) is 0 Å². The molecule has 2 N–H and O–H groups in total. The molecule has 4 heteroatoms. The van der Waals surface area contributed by atoms with Gasteiger partial charge in [-0.3, -0.25) is 4.90 Å². The van der Waals surface area contributed by atoms with Crippen LogP contribution < -0.4 is 5.32 Å². The monoisotopic (exact) mass is 266 g/mol. The standard InChI is InChI=1S/C15H23FN2O/c1-12-11-13(4-5-14(12)16)15(3-2-10-19)18-8-6-17-7-9-18/h4-5,11,15,17,19H,2-3,6-10H2,1H3/t15-/m1/s1. The molecule has 1 aliphatic rings. The van der Waals surface area contributed by atoms with Gasteiger partial charge >= 0.3 is 0 Å². The highest BCUT2D eigenvalue weighted by Gasteiger charge is 2.22. The molecule has 0 radical (unpaired) electrons. The summed E-state index contributed by atoms with van der Waals surface area (Å²) in [5, 5.41) is 12.4. The van der Waals surface area contributed by atoms with E-state index in [1.807, 2.05) is 12.1 Å². The van der Waals surface area contributed by atoms with Crippen molar-refractivity contribution in [2.45, 2.75) is 25.8 Å². The molecule has 0 aromatic heterocycles. The molecule has 1 atom stereocenters. The second kappa shape index (κ2) is 6.98. The molecular formula is C15H23FN2O. The van der Waals surface area contributed by atoms with Gasteiger partial charge in [-0.15, -0.1) is 0 Å². The zero-order valence-corrected chi connectivity index (χ0v) is 11.5. The molecular weight excluding hydrogens is 243 g/mol. The van der Waals surface area contributed by atoms with Crippen molar-refractivity contribution in [3.63, 3.8) is 0 Å². The van der Waals surface area contributed by atoms with E-state index < -0.39 is 0 Å². The Kier molecular flexibility index (Phi) is 5.31. The molecule has 2 rings (SSSR count). The lowest BCUT2D eigenvalue weighted by atomic mass is 9.98. The number of hydrogen-bond acceptors (Lipinski definition) is 3. The maximum atomic E-state index is 13.4. The van der Waals surface area contributed by atoms with E-state index in [1.165, 1.54) is 0 Å². The van der Waals surface area contributed by atoms with Crippen LogP contribution in [0.2, 0.25) is 0 Å². The Labute approximate surface area is 114 Å². The van der Waals surface area contributed by atoms with Crippen molar-refractivity contribution >= 4 is 0 Å². The molecule has 0 unspecified atom stereocenters. The molecule has 106 valence electrons. The Morgan fingerprint density at radius 1 is 1.37 bits per heavy atom. The molecule has 0 amide bonds. The lowest BCUT2D eigenvalue weighted by Crippen LogP contribution is -2.45. The maximum absolute atomic E-state index is 13.4. The van der Waals surface area contributed by atoms with Crippen molar-refractivity contribution in [1.82, 2.24) is 10.2 Å². The van der Waals surface area contributed by atoms with E-state index >= 15 is 0 Å². The normalized spacial score (nSPS) is 18.5. The number of rotatable bonds is 5. The van der Waals surface area contributed by atoms with Gasteiger partial charge in [0.15, 0.2) is 0 Å². The second-order valence-corrected chi connectivity index (χ2v) is 5.18. The highest BCUT2D eigenvalue weighted by Crippen LogP contribution is 2.27. The van der Waals surface area contributed by atoms with Gasteiger partial charge in [0.05, 0.1) is 0 Å². The van der Waals surface area contributed by atoms with Crippen molar-refractivity contribution in [2.24, 2.45) is 0 Å². The van der Waals surface area contributed by atoms with Crippen LogP contribution in [0, 0.1) is 12.7 Å². The first-order chi connectivity index (χ1) is 9.22. The van der Waals surface area contributed by atoms with Crippen LogP contribution in [-0.4, -0.2) is 42.8 Å². The van der Waals surface area contributed by atoms with Crippen molar-refractivity contribution in [1.29, 1.82) is 0 Å². The Morgan fingerprint density at radius 3 is 2.74 bits per heavy atom. The van der Waals surface area contributed by atoms with Gasteiger partial charge in [-0.1, -0.05) is 12.1 Å². The van der Waals surface area contributed by atoms with E-state index in [1.54, 1.807) is 13.0 Å². The van der Waals surface area contributed by atoms with Crippen LogP contribution in [0.15, 0.2) is 18.2 Å². The largest absolute Gasteiger partial charge is 0.396 e. The van der Waals surface area contributed by atoms with E-state index in [4.69, 9.17) is 5.11 Å². The molecule has 0 aliphatic carbocycles. The first-order valence-electron chi connectivity index (χ1n) is 7.04. The maximum Gasteiger partial charge on any atom is 0.126 e. The van der Waals surface area contributed by atoms with Crippen LogP contribution in [0.4, 0.5) is 4.39 Å². The number of aliphatic hydroxyl groups is 1. The molecule has 0 bridgehead atoms. The summed E-state index contributed by atoms with van der Waals surface area (Å²) in [4.78, 5) is 2.43. The minimum atomic E-state index is -0.148. The number of aryl methyl sites for hydroxylation is 1. The lowest BCUT2D eigenvalue weighted by Gasteiger charge is -2.35. The summed E-state index contributed by atoms with van der Waals surface area (Å²) in [5.41, 5.74) is 1.86. The highest BCUT2D eigenvalue weighted by atomic mass is 19.1. The third kappa shape index (κ3) is 3.75. The lowest BCUT2D eigenvalue weighted by molar-refractivity contribution is 0.154. The summed E-state index contributed by atoms with van der Waals surface area (Å²) in [5.74, 6) is -0.148. The van der Waals surface area contributed by atoms with Crippen LogP contribution >= 0.6 is 0 Å². The number of nitrogens with one attached hydrogen (secondary N) is 1. The summed E-state index contributed by atoms with van der Waals surface area (Å²) in [6.45, 7) is 6.02. The Hall–Kier alpha value is -0.970. The second-order valence-electron chi connectivity index (χ2n) is 5.18. The Bertz CT molecular complexity index is 405. The number of hydrogen-bond donors (Lipinski definition) is 2. The average molecular weight is 266 g/mol. The average Bonchev–Trinajstić information content (AvgIpc) is 2.44. The van der Waals surface area contributed by atoms with E-state index in [-0.39, 0.29) is 18.5 Å². The minimum Gasteiger partial charge on any atom is -0.396 e. The van der Waals surface area contributed by atoms with Crippen LogP contribution in [0.3, 0.4) is 0 Å². The van der Waals surface area contributed by atoms with Gasteiger partial charge in [-0.2, -0.15) is 0 Å². The van der Waals surface area contributed by atoms with Crippen LogP contribution in [0.1, 0.15) is 30.0 Å². The molecule has 19 heavy (non-hydrogen) atoms. The molecule has 1 heterocycles. The summed E-state index contributed by atoms with van der Waals surface area (Å²) >= 11 is 0. The van der Waals surface area contributed by atoms with Crippen molar-refractivity contribution < 1.29 is 9.50 Å². The van der Waals surface area contributed by atoms with E-state index in [2.05, 4.69) is 10.2 Å². The van der Waals surface area contributed by atoms with Gasteiger partial charge in [0, 0.05) is 38.8 Å². The van der Waals surface area contributed by atoms with Gasteiger partial charge in [0.1, 0.15) is 5.82 Å². The fraction of sp³-hybridized carbons (Fsp3) is 0.600. The molecule has 1 fully saturated rings. The van der Waals surface area contributed by atoms with Gasteiger partial charge in [-0.25, -0.2) is 4.39 Å². The molecule has 1 aromatic carbocycles. The van der Waals surface area contributed by atoms with Crippen LogP contribution in [0.5, 0.6) is 0 Å². The van der Waals surface area contributed by atoms with E-state index in [0.717, 1.165) is 44.6 Å². The van der Waals surface area contributed by atoms with Crippen molar-refractivity contribution in [3.8, 4) is 0 Å². The van der Waals surface area contributed by atoms with Crippen molar-refractivity contribution in [3.05, 3.63) is 35.1 Å². The smallest absolute Gasteiger partial charge is 0.126 e. The van der Waals surface area contributed by atoms with Gasteiger partial charge < -0.3 is 10.4 Å². The van der Waals surface area contributed by atoms with Gasteiger partial charge in [0.2, 0.25) is 0 Å². The molecule has 1 aliphatic heterocycles. The number of piperazine rings is 1. The summed E-state index contributed by atoms with van der Waals surface area (Å²) in [6, 6.07) is 5.67. The Morgan fingerprint density at radius 2 is 2.11 bits per heavy atom. The molecule has 0 saturated carbocycles. The molecule has 1 saturated heterocycles. The molecule has 0 spiro atoms. The van der Waals surface area contributed by atoms with E-state index in [9.17, 15) is 4.39 Å². The summed E-state index contributed by atoms with van der Waals surface area (Å²) < 4.78 is 13.4. The fourth-order valence-electron chi connectivity index (χ4n) is 2.71. The molecule has 1 aromatic rings. The Balaban J connectivity index is 2.17. The zero-order chi connectivity index (χ0) is 13.7. The third-order valence-corrected chi connectivity index (χ3v) is 3.79. The van der Waals surface area contributed by atoms with Crippen LogP contribution in [-0.2, 0) is 0 Å². The predicted molar refractivity (Wildman–Crippen MR) is 74.6 cm³/mol. The number of aliphatic hydroxyl groups excluding tert-OH is 1. The summed E-state index contributed by atoms with van der Waals surface area (Å²) in [6.07, 6.45) is 1.70. The topological polar surface area (TPSA) is 35.5 Å². The molecule has 3 nitrogen and oxygen atoms in total. The fourth-order valence-corrected chi connectivity index (χ4v) is 2.71. The minimum absolute atomic E-state index is 0.148. The van der Waals surface area contributed by atoms with E-state index in [0.29, 0.717) is 5.56 Å². The predicted octanol–water partition coefficient (Wildman–Crippen LogP) is 1.85. The number of nitrogens with zero attached hydrogens (tertiary/aromatic N) is 1. The van der Waals surface area contributed by atoms with Gasteiger partial charge in [-0.05, 0) is 37.0 Å². The number of benzene rings is 1. The SMILES string of the molecule is Cc1cc([C@@H](CCCO)N2CCNCC2)ccc1F.